The topological polar surface area (TPSA) is 83.7 Å². The van der Waals surface area contributed by atoms with Crippen LogP contribution in [0.3, 0.4) is 0 Å². The van der Waals surface area contributed by atoms with Crippen molar-refractivity contribution in [1.82, 2.24) is 4.90 Å². The molecule has 3 rings (SSSR count). The molecule has 1 saturated heterocycles. The fraction of sp³-hybridized carbons (Fsp3) is 0.400. The molecule has 1 aliphatic heterocycles. The van der Waals surface area contributed by atoms with Crippen molar-refractivity contribution in [1.29, 1.82) is 0 Å². The van der Waals surface area contributed by atoms with Gasteiger partial charge in [0.2, 0.25) is 17.7 Å². The number of para-hydroxylation sites is 1. The largest absolute Gasteiger partial charge is 0.369 e. The first kappa shape index (κ1) is 13.6. The Morgan fingerprint density at radius 2 is 1.76 bits per heavy atom. The van der Waals surface area contributed by atoms with Gasteiger partial charge in [0.15, 0.2) is 0 Å². The number of benzene rings is 1. The van der Waals surface area contributed by atoms with Crippen molar-refractivity contribution in [3.63, 3.8) is 0 Å². The Kier molecular flexibility index (Phi) is 3.16. The van der Waals surface area contributed by atoms with E-state index in [4.69, 9.17) is 5.73 Å². The molecule has 1 aliphatic carbocycles. The Labute approximate surface area is 122 Å². The Morgan fingerprint density at radius 3 is 2.29 bits per heavy atom. The zero-order valence-electron chi connectivity index (χ0n) is 11.6. The molecule has 1 heterocycles. The van der Waals surface area contributed by atoms with Crippen molar-refractivity contribution < 1.29 is 14.4 Å². The number of piperazine rings is 1. The Bertz CT molecular complexity index is 595. The van der Waals surface area contributed by atoms with Gasteiger partial charge in [-0.25, -0.2) is 0 Å². The molecule has 6 nitrogen and oxygen atoms in total. The average Bonchev–Trinajstić information content (AvgIpc) is 3.29. The molecule has 6 heteroatoms. The number of carbonyl (C=O) groups is 3. The second kappa shape index (κ2) is 4.87. The van der Waals surface area contributed by atoms with Gasteiger partial charge in [0, 0.05) is 18.8 Å². The van der Waals surface area contributed by atoms with Gasteiger partial charge in [0.1, 0.15) is 12.0 Å². The highest BCUT2D eigenvalue weighted by Crippen LogP contribution is 2.47. The first-order valence-electron chi connectivity index (χ1n) is 6.99. The number of carbonyl (C=O) groups excluding carboxylic acids is 3. The van der Waals surface area contributed by atoms with Crippen molar-refractivity contribution >= 4 is 23.4 Å². The van der Waals surface area contributed by atoms with Crippen molar-refractivity contribution in [3.05, 3.63) is 30.3 Å². The average molecular weight is 287 g/mol. The first-order chi connectivity index (χ1) is 10.0. The lowest BCUT2D eigenvalue weighted by atomic mass is 10.0. The van der Waals surface area contributed by atoms with Crippen LogP contribution in [0.1, 0.15) is 12.8 Å². The van der Waals surface area contributed by atoms with Crippen molar-refractivity contribution in [3.8, 4) is 0 Å². The molecule has 1 aromatic rings. The highest BCUT2D eigenvalue weighted by molar-refractivity contribution is 6.09. The number of hydrogen-bond acceptors (Lipinski definition) is 3. The molecule has 3 amide bonds. The van der Waals surface area contributed by atoms with E-state index in [9.17, 15) is 14.4 Å². The minimum absolute atomic E-state index is 0.00274. The number of nitrogens with zero attached hydrogens (tertiary/aromatic N) is 2. The van der Waals surface area contributed by atoms with E-state index in [0.29, 0.717) is 25.9 Å². The van der Waals surface area contributed by atoms with Crippen LogP contribution in [0.25, 0.3) is 0 Å². The summed E-state index contributed by atoms with van der Waals surface area (Å²) in [5.74, 6) is -1.01. The standard InChI is InChI=1S/C15H17N3O3/c16-13(20)15(6-7-15)14(21)17-8-9-18(12(19)10-17)11-4-2-1-3-5-11/h1-5H,6-10H2,(H2,16,20). The van der Waals surface area contributed by atoms with Gasteiger partial charge in [-0.05, 0) is 25.0 Å². The van der Waals surface area contributed by atoms with Crippen molar-refractivity contribution in [2.24, 2.45) is 11.1 Å². The summed E-state index contributed by atoms with van der Waals surface area (Å²) in [6, 6.07) is 9.35. The maximum atomic E-state index is 12.4. The van der Waals surface area contributed by atoms with Gasteiger partial charge < -0.3 is 15.5 Å². The molecule has 1 aromatic carbocycles. The highest BCUT2D eigenvalue weighted by Gasteiger charge is 2.57. The molecular weight excluding hydrogens is 270 g/mol. The SMILES string of the molecule is NC(=O)C1(C(=O)N2CCN(c3ccccc3)C(=O)C2)CC1. The Hall–Kier alpha value is -2.37. The van der Waals surface area contributed by atoms with Crippen LogP contribution in [0, 0.1) is 5.41 Å². The third-order valence-corrected chi connectivity index (χ3v) is 4.21. The molecule has 2 fully saturated rings. The van der Waals surface area contributed by atoms with E-state index in [1.807, 2.05) is 30.3 Å². The number of rotatable bonds is 3. The summed E-state index contributed by atoms with van der Waals surface area (Å²) in [4.78, 5) is 39.1. The van der Waals surface area contributed by atoms with Crippen LogP contribution in [-0.2, 0) is 14.4 Å². The molecule has 0 radical (unpaired) electrons. The lowest BCUT2D eigenvalue weighted by Crippen LogP contribution is -2.55. The summed E-state index contributed by atoms with van der Waals surface area (Å²) in [5, 5.41) is 0. The lowest BCUT2D eigenvalue weighted by Gasteiger charge is -2.35. The minimum Gasteiger partial charge on any atom is -0.369 e. The highest BCUT2D eigenvalue weighted by atomic mass is 16.2. The monoisotopic (exact) mass is 287 g/mol. The van der Waals surface area contributed by atoms with Crippen LogP contribution in [0.4, 0.5) is 5.69 Å². The summed E-state index contributed by atoms with van der Waals surface area (Å²) in [5.41, 5.74) is 5.09. The van der Waals surface area contributed by atoms with E-state index in [1.54, 1.807) is 4.90 Å². The smallest absolute Gasteiger partial charge is 0.246 e. The summed E-state index contributed by atoms with van der Waals surface area (Å²) >= 11 is 0. The molecule has 0 spiro atoms. The zero-order valence-corrected chi connectivity index (χ0v) is 11.6. The van der Waals surface area contributed by atoms with Crippen LogP contribution in [-0.4, -0.2) is 42.3 Å². The summed E-state index contributed by atoms with van der Waals surface area (Å²) in [7, 11) is 0. The van der Waals surface area contributed by atoms with Gasteiger partial charge in [-0.2, -0.15) is 0 Å². The molecular formula is C15H17N3O3. The first-order valence-corrected chi connectivity index (χ1v) is 6.99. The van der Waals surface area contributed by atoms with Crippen LogP contribution >= 0.6 is 0 Å². The van der Waals surface area contributed by atoms with Crippen LogP contribution < -0.4 is 10.6 Å². The van der Waals surface area contributed by atoms with Gasteiger partial charge >= 0.3 is 0 Å². The maximum absolute atomic E-state index is 12.4. The number of hydrogen-bond donors (Lipinski definition) is 1. The summed E-state index contributed by atoms with van der Waals surface area (Å²) in [6.45, 7) is 0.862. The van der Waals surface area contributed by atoms with E-state index in [2.05, 4.69) is 0 Å². The van der Waals surface area contributed by atoms with Crippen LogP contribution in [0.15, 0.2) is 30.3 Å². The summed E-state index contributed by atoms with van der Waals surface area (Å²) in [6.07, 6.45) is 0.989. The molecule has 0 aromatic heterocycles. The third-order valence-electron chi connectivity index (χ3n) is 4.21. The van der Waals surface area contributed by atoms with Crippen molar-refractivity contribution in [2.75, 3.05) is 24.5 Å². The minimum atomic E-state index is -1.05. The molecule has 1 saturated carbocycles. The number of amides is 3. The van der Waals surface area contributed by atoms with Crippen LogP contribution in [0.2, 0.25) is 0 Å². The molecule has 21 heavy (non-hydrogen) atoms. The van der Waals surface area contributed by atoms with Gasteiger partial charge in [-0.1, -0.05) is 18.2 Å². The van der Waals surface area contributed by atoms with E-state index in [-0.39, 0.29) is 18.4 Å². The summed E-state index contributed by atoms with van der Waals surface area (Å²) < 4.78 is 0. The van der Waals surface area contributed by atoms with E-state index >= 15 is 0 Å². The van der Waals surface area contributed by atoms with Gasteiger partial charge in [0.05, 0.1) is 0 Å². The van der Waals surface area contributed by atoms with Crippen LogP contribution in [0.5, 0.6) is 0 Å². The zero-order chi connectivity index (χ0) is 15.0. The Balaban J connectivity index is 1.71. The molecule has 0 bridgehead atoms. The lowest BCUT2D eigenvalue weighted by molar-refractivity contribution is -0.146. The third kappa shape index (κ3) is 2.26. The fourth-order valence-electron chi connectivity index (χ4n) is 2.72. The van der Waals surface area contributed by atoms with Crippen molar-refractivity contribution in [2.45, 2.75) is 12.8 Å². The van der Waals surface area contributed by atoms with E-state index in [0.717, 1.165) is 5.69 Å². The van der Waals surface area contributed by atoms with Gasteiger partial charge in [-0.3, -0.25) is 14.4 Å². The number of anilines is 1. The molecule has 0 atom stereocenters. The van der Waals surface area contributed by atoms with E-state index < -0.39 is 11.3 Å². The predicted octanol–water partition coefficient (Wildman–Crippen LogP) is 0.127. The predicted molar refractivity (Wildman–Crippen MR) is 76.2 cm³/mol. The van der Waals surface area contributed by atoms with E-state index in [1.165, 1.54) is 4.90 Å². The molecule has 2 N–H and O–H groups in total. The normalized spacial score (nSPS) is 20.3. The second-order valence-electron chi connectivity index (χ2n) is 5.55. The Morgan fingerprint density at radius 1 is 1.10 bits per heavy atom. The molecule has 0 unspecified atom stereocenters. The molecule has 110 valence electrons. The number of nitrogens with two attached hydrogens (primary N) is 1. The number of primary amides is 1. The maximum Gasteiger partial charge on any atom is 0.246 e. The fourth-order valence-corrected chi connectivity index (χ4v) is 2.72. The van der Waals surface area contributed by atoms with Gasteiger partial charge in [0.25, 0.3) is 0 Å². The second-order valence-corrected chi connectivity index (χ2v) is 5.55. The van der Waals surface area contributed by atoms with Gasteiger partial charge in [-0.15, -0.1) is 0 Å². The molecule has 2 aliphatic rings. The quantitative estimate of drug-likeness (QED) is 0.802.